The van der Waals surface area contributed by atoms with Crippen molar-refractivity contribution in [2.24, 2.45) is 4.99 Å². The average Bonchev–Trinajstić information content (AvgIpc) is 3.05. The van der Waals surface area contributed by atoms with Gasteiger partial charge in [0.25, 0.3) is 5.91 Å². The highest BCUT2D eigenvalue weighted by atomic mass is 32.2. The van der Waals surface area contributed by atoms with Crippen LogP contribution in [0, 0.1) is 11.3 Å². The molecule has 0 spiro atoms. The van der Waals surface area contributed by atoms with Gasteiger partial charge in [-0.1, -0.05) is 18.2 Å². The molecule has 30 heavy (non-hydrogen) atoms. The zero-order chi connectivity index (χ0) is 21.5. The fourth-order valence-electron chi connectivity index (χ4n) is 2.76. The van der Waals surface area contributed by atoms with E-state index in [9.17, 15) is 9.59 Å². The topological polar surface area (TPSA) is 92.0 Å². The molecular weight excluding hydrogens is 402 g/mol. The summed E-state index contributed by atoms with van der Waals surface area (Å²) < 4.78 is 10.1. The summed E-state index contributed by atoms with van der Waals surface area (Å²) in [4.78, 5) is 31.2. The molecule has 1 fully saturated rings. The number of benzene rings is 2. The average molecular weight is 421 g/mol. The van der Waals surface area contributed by atoms with Crippen LogP contribution in [-0.4, -0.2) is 42.2 Å². The Morgan fingerprint density at radius 3 is 2.80 bits per heavy atom. The van der Waals surface area contributed by atoms with Crippen molar-refractivity contribution in [3.8, 4) is 11.8 Å². The fraction of sp³-hybridized carbons (Fsp3) is 0.182. The highest BCUT2D eigenvalue weighted by Crippen LogP contribution is 2.34. The summed E-state index contributed by atoms with van der Waals surface area (Å²) in [6.07, 6.45) is 1.77. The molecule has 1 heterocycles. The number of nitriles is 1. The van der Waals surface area contributed by atoms with Crippen molar-refractivity contribution in [1.29, 1.82) is 5.26 Å². The molecule has 2 aromatic rings. The summed E-state index contributed by atoms with van der Waals surface area (Å²) in [6, 6.07) is 15.8. The summed E-state index contributed by atoms with van der Waals surface area (Å²) >= 11 is 1.26. The summed E-state index contributed by atoms with van der Waals surface area (Å²) in [5.41, 5.74) is 1.73. The maximum Gasteiger partial charge on any atom is 0.337 e. The third kappa shape index (κ3) is 4.88. The minimum absolute atomic E-state index is 0.0429. The standard InChI is InChI=1S/C22H19N3O4S/c1-3-25-20(26)19(13-15-6-4-9-18(12-15)29-11-10-23)30-22(25)24-17-8-5-7-16(14-17)21(27)28-2/h4-9,12-14H,3,11H2,1-2H3. The van der Waals surface area contributed by atoms with Crippen molar-refractivity contribution in [3.63, 3.8) is 0 Å². The van der Waals surface area contributed by atoms with Gasteiger partial charge in [-0.2, -0.15) is 5.26 Å². The van der Waals surface area contributed by atoms with Crippen LogP contribution >= 0.6 is 11.8 Å². The molecule has 1 amide bonds. The van der Waals surface area contributed by atoms with E-state index in [2.05, 4.69) is 4.99 Å². The smallest absolute Gasteiger partial charge is 0.337 e. The summed E-state index contributed by atoms with van der Waals surface area (Å²) in [6.45, 7) is 2.29. The van der Waals surface area contributed by atoms with Crippen LogP contribution in [0.5, 0.6) is 5.75 Å². The van der Waals surface area contributed by atoms with E-state index in [-0.39, 0.29) is 12.5 Å². The molecule has 0 unspecified atom stereocenters. The molecule has 0 N–H and O–H groups in total. The van der Waals surface area contributed by atoms with E-state index in [1.807, 2.05) is 19.1 Å². The third-order valence-corrected chi connectivity index (χ3v) is 5.16. The van der Waals surface area contributed by atoms with Crippen LogP contribution in [-0.2, 0) is 9.53 Å². The summed E-state index contributed by atoms with van der Waals surface area (Å²) in [7, 11) is 1.32. The molecule has 2 aromatic carbocycles. The van der Waals surface area contributed by atoms with Crippen LogP contribution in [0.3, 0.4) is 0 Å². The van der Waals surface area contributed by atoms with Crippen LogP contribution in [0.1, 0.15) is 22.8 Å². The molecular formula is C22H19N3O4S. The SMILES string of the molecule is CCN1C(=O)C(=Cc2cccc(OCC#N)c2)SC1=Nc1cccc(C(=O)OC)c1. The number of carbonyl (C=O) groups excluding carboxylic acids is 2. The number of esters is 1. The molecule has 0 saturated carbocycles. The first-order chi connectivity index (χ1) is 14.5. The number of rotatable bonds is 6. The predicted octanol–water partition coefficient (Wildman–Crippen LogP) is 4.00. The van der Waals surface area contributed by atoms with Gasteiger partial charge in [0, 0.05) is 6.54 Å². The molecule has 0 atom stereocenters. The number of amidine groups is 1. The first-order valence-corrected chi connectivity index (χ1v) is 9.95. The van der Waals surface area contributed by atoms with Gasteiger partial charge in [0.2, 0.25) is 0 Å². The van der Waals surface area contributed by atoms with Crippen LogP contribution in [0.4, 0.5) is 5.69 Å². The van der Waals surface area contributed by atoms with E-state index in [4.69, 9.17) is 14.7 Å². The van der Waals surface area contributed by atoms with Crippen LogP contribution < -0.4 is 4.74 Å². The second kappa shape index (κ2) is 9.76. The number of thioether (sulfide) groups is 1. The second-order valence-electron chi connectivity index (χ2n) is 6.12. The lowest BCUT2D eigenvalue weighted by Gasteiger charge is -2.12. The number of methoxy groups -OCH3 is 1. The number of ether oxygens (including phenoxy) is 2. The molecule has 1 aliphatic heterocycles. The Bertz CT molecular complexity index is 1070. The van der Waals surface area contributed by atoms with E-state index >= 15 is 0 Å². The quantitative estimate of drug-likeness (QED) is 0.517. The van der Waals surface area contributed by atoms with E-state index in [1.54, 1.807) is 53.4 Å². The van der Waals surface area contributed by atoms with Crippen LogP contribution in [0.15, 0.2) is 58.4 Å². The number of nitrogens with zero attached hydrogens (tertiary/aromatic N) is 3. The molecule has 8 heteroatoms. The van der Waals surface area contributed by atoms with Crippen molar-refractivity contribution >= 4 is 40.6 Å². The molecule has 0 aliphatic carbocycles. The van der Waals surface area contributed by atoms with Gasteiger partial charge in [0.1, 0.15) is 11.8 Å². The van der Waals surface area contributed by atoms with E-state index < -0.39 is 5.97 Å². The fourth-order valence-corrected chi connectivity index (χ4v) is 3.82. The minimum Gasteiger partial charge on any atom is -0.479 e. The van der Waals surface area contributed by atoms with Gasteiger partial charge in [-0.3, -0.25) is 9.69 Å². The predicted molar refractivity (Wildman–Crippen MR) is 115 cm³/mol. The molecule has 152 valence electrons. The highest BCUT2D eigenvalue weighted by Gasteiger charge is 2.32. The van der Waals surface area contributed by atoms with E-state index in [1.165, 1.54) is 18.9 Å². The molecule has 1 aliphatic rings. The van der Waals surface area contributed by atoms with Gasteiger partial charge >= 0.3 is 5.97 Å². The zero-order valence-electron chi connectivity index (χ0n) is 16.5. The Morgan fingerprint density at radius 2 is 2.07 bits per heavy atom. The monoisotopic (exact) mass is 421 g/mol. The maximum atomic E-state index is 12.8. The lowest BCUT2D eigenvalue weighted by atomic mass is 10.2. The Hall–Kier alpha value is -3.57. The number of hydrogen-bond acceptors (Lipinski definition) is 7. The Morgan fingerprint density at radius 1 is 1.27 bits per heavy atom. The minimum atomic E-state index is -0.446. The second-order valence-corrected chi connectivity index (χ2v) is 7.12. The lowest BCUT2D eigenvalue weighted by molar-refractivity contribution is -0.122. The zero-order valence-corrected chi connectivity index (χ0v) is 17.3. The first kappa shape index (κ1) is 21.1. The van der Waals surface area contributed by atoms with Crippen LogP contribution in [0.25, 0.3) is 6.08 Å². The van der Waals surface area contributed by atoms with Crippen molar-refractivity contribution in [1.82, 2.24) is 4.90 Å². The Labute approximate surface area is 178 Å². The highest BCUT2D eigenvalue weighted by molar-refractivity contribution is 8.18. The number of aliphatic imine (C=N–C) groups is 1. The molecule has 0 bridgehead atoms. The van der Waals surface area contributed by atoms with Gasteiger partial charge < -0.3 is 9.47 Å². The first-order valence-electron chi connectivity index (χ1n) is 9.14. The summed E-state index contributed by atoms with van der Waals surface area (Å²) in [5, 5.41) is 9.19. The van der Waals surface area contributed by atoms with Crippen molar-refractivity contribution in [2.75, 3.05) is 20.3 Å². The Balaban J connectivity index is 1.88. The lowest BCUT2D eigenvalue weighted by Crippen LogP contribution is -2.28. The van der Waals surface area contributed by atoms with E-state index in [0.717, 1.165) is 5.56 Å². The molecule has 7 nitrogen and oxygen atoms in total. The number of likely N-dealkylation sites (N-methyl/N-ethyl adjacent to an activating group) is 1. The maximum absolute atomic E-state index is 12.8. The van der Waals surface area contributed by atoms with Gasteiger partial charge in [-0.05, 0) is 60.7 Å². The van der Waals surface area contributed by atoms with Gasteiger partial charge in [-0.15, -0.1) is 0 Å². The van der Waals surface area contributed by atoms with E-state index in [0.29, 0.717) is 33.6 Å². The third-order valence-electron chi connectivity index (χ3n) is 4.16. The van der Waals surface area contributed by atoms with Crippen molar-refractivity contribution < 1.29 is 19.1 Å². The summed E-state index contributed by atoms with van der Waals surface area (Å²) in [5.74, 6) is -0.0328. The van der Waals surface area contributed by atoms with Crippen LogP contribution in [0.2, 0.25) is 0 Å². The number of amides is 1. The Kier molecular flexibility index (Phi) is 6.88. The largest absolute Gasteiger partial charge is 0.479 e. The normalized spacial score (nSPS) is 16.0. The number of carbonyl (C=O) groups is 2. The van der Waals surface area contributed by atoms with Crippen molar-refractivity contribution in [2.45, 2.75) is 6.92 Å². The molecule has 3 rings (SSSR count). The molecule has 0 radical (unpaired) electrons. The van der Waals surface area contributed by atoms with Crippen molar-refractivity contribution in [3.05, 3.63) is 64.6 Å². The van der Waals surface area contributed by atoms with Gasteiger partial charge in [0.05, 0.1) is 23.3 Å². The number of hydrogen-bond donors (Lipinski definition) is 0. The molecule has 0 aromatic heterocycles. The van der Waals surface area contributed by atoms with Gasteiger partial charge in [-0.25, -0.2) is 9.79 Å². The molecule has 1 saturated heterocycles. The van der Waals surface area contributed by atoms with Gasteiger partial charge in [0.15, 0.2) is 11.8 Å².